The number of hydrogen-bond acceptors (Lipinski definition) is 5. The summed E-state index contributed by atoms with van der Waals surface area (Å²) >= 11 is 0. The van der Waals surface area contributed by atoms with E-state index in [9.17, 15) is 9.59 Å². The van der Waals surface area contributed by atoms with Crippen molar-refractivity contribution in [1.29, 1.82) is 0 Å². The highest BCUT2D eigenvalue weighted by Crippen LogP contribution is 2.32. The van der Waals surface area contributed by atoms with Gasteiger partial charge in [-0.2, -0.15) is 5.10 Å². The molecule has 0 N–H and O–H groups in total. The van der Waals surface area contributed by atoms with E-state index >= 15 is 0 Å². The number of imide groups is 1. The number of amides is 2. The van der Waals surface area contributed by atoms with E-state index in [0.717, 1.165) is 29.8 Å². The molecule has 7 nitrogen and oxygen atoms in total. The van der Waals surface area contributed by atoms with Crippen LogP contribution in [0.2, 0.25) is 0 Å². The molecule has 7 heteroatoms. The molecule has 0 spiro atoms. The fourth-order valence-electron chi connectivity index (χ4n) is 4.43. The van der Waals surface area contributed by atoms with E-state index in [0.29, 0.717) is 26.3 Å². The number of aromatic nitrogens is 2. The maximum absolute atomic E-state index is 13.0. The molecule has 140 valence electrons. The molecule has 2 saturated heterocycles. The van der Waals surface area contributed by atoms with E-state index in [1.807, 2.05) is 41.2 Å². The molecule has 1 atom stereocenters. The molecule has 2 amide bonds. The van der Waals surface area contributed by atoms with Gasteiger partial charge in [-0.3, -0.25) is 19.4 Å². The predicted octanol–water partition coefficient (Wildman–Crippen LogP) is 1.49. The van der Waals surface area contributed by atoms with Crippen LogP contribution in [0.15, 0.2) is 36.5 Å². The van der Waals surface area contributed by atoms with Gasteiger partial charge in [0.25, 0.3) is 0 Å². The fraction of sp³-hybridized carbons (Fsp3) is 0.450. The first-order valence-electron chi connectivity index (χ1n) is 9.51. The Labute approximate surface area is 157 Å². The summed E-state index contributed by atoms with van der Waals surface area (Å²) in [4.78, 5) is 29.2. The molecule has 3 aliphatic rings. The molecule has 0 aliphatic carbocycles. The van der Waals surface area contributed by atoms with E-state index < -0.39 is 0 Å². The third-order valence-electron chi connectivity index (χ3n) is 5.84. The highest BCUT2D eigenvalue weighted by molar-refractivity contribution is 6.05. The van der Waals surface area contributed by atoms with Crippen molar-refractivity contribution in [2.45, 2.75) is 44.4 Å². The number of likely N-dealkylation sites (tertiary alicyclic amines) is 1. The van der Waals surface area contributed by atoms with Crippen molar-refractivity contribution < 1.29 is 14.3 Å². The molecule has 4 heterocycles. The Bertz CT molecular complexity index is 873. The minimum absolute atomic E-state index is 0.00598. The zero-order valence-corrected chi connectivity index (χ0v) is 15.1. The Morgan fingerprint density at radius 1 is 1.04 bits per heavy atom. The largest absolute Gasteiger partial charge is 0.381 e. The number of carbonyl (C=O) groups is 2. The third-order valence-corrected chi connectivity index (χ3v) is 5.84. The summed E-state index contributed by atoms with van der Waals surface area (Å²) in [5, 5.41) is 4.51. The first kappa shape index (κ1) is 16.6. The molecule has 2 aromatic rings. The molecule has 0 radical (unpaired) electrons. The zero-order chi connectivity index (χ0) is 18.4. The minimum atomic E-state index is -0.364. The van der Waals surface area contributed by atoms with Crippen LogP contribution in [-0.2, 0) is 27.4 Å². The number of rotatable bonds is 3. The van der Waals surface area contributed by atoms with Gasteiger partial charge in [-0.15, -0.1) is 0 Å². The lowest BCUT2D eigenvalue weighted by Crippen LogP contribution is -2.46. The van der Waals surface area contributed by atoms with Gasteiger partial charge in [-0.1, -0.05) is 18.2 Å². The van der Waals surface area contributed by atoms with Crippen molar-refractivity contribution in [2.24, 2.45) is 0 Å². The number of para-hydroxylation sites is 1. The third kappa shape index (κ3) is 2.78. The van der Waals surface area contributed by atoms with Crippen molar-refractivity contribution in [3.8, 4) is 5.69 Å². The van der Waals surface area contributed by atoms with Crippen LogP contribution in [0, 0.1) is 0 Å². The monoisotopic (exact) mass is 366 g/mol. The minimum Gasteiger partial charge on any atom is -0.381 e. The average Bonchev–Trinajstić information content (AvgIpc) is 3.35. The van der Waals surface area contributed by atoms with Crippen LogP contribution >= 0.6 is 0 Å². The quantitative estimate of drug-likeness (QED) is 0.770. The average molecular weight is 366 g/mol. The molecule has 1 aromatic carbocycles. The lowest BCUT2D eigenvalue weighted by molar-refractivity contribution is -0.144. The fourth-order valence-corrected chi connectivity index (χ4v) is 4.43. The molecule has 1 unspecified atom stereocenters. The van der Waals surface area contributed by atoms with E-state index in [1.54, 1.807) is 0 Å². The summed E-state index contributed by atoms with van der Waals surface area (Å²) in [6, 6.07) is 9.63. The van der Waals surface area contributed by atoms with Crippen LogP contribution in [0.1, 0.15) is 30.5 Å². The number of carbonyl (C=O) groups excluding carboxylic acids is 2. The van der Waals surface area contributed by atoms with Crippen LogP contribution in [0.5, 0.6) is 0 Å². The summed E-state index contributed by atoms with van der Waals surface area (Å²) in [7, 11) is 0. The van der Waals surface area contributed by atoms with Gasteiger partial charge < -0.3 is 4.74 Å². The summed E-state index contributed by atoms with van der Waals surface area (Å²) in [6.45, 7) is 2.53. The maximum Gasteiger partial charge on any atom is 0.247 e. The number of hydrogen-bond donors (Lipinski definition) is 0. The highest BCUT2D eigenvalue weighted by atomic mass is 16.5. The van der Waals surface area contributed by atoms with E-state index in [2.05, 4.69) is 10.00 Å². The Hall–Kier alpha value is -2.51. The Morgan fingerprint density at radius 3 is 2.59 bits per heavy atom. The van der Waals surface area contributed by atoms with Crippen molar-refractivity contribution in [2.75, 3.05) is 13.2 Å². The van der Waals surface area contributed by atoms with Crippen molar-refractivity contribution >= 4 is 11.8 Å². The lowest BCUT2D eigenvalue weighted by atomic mass is 10.1. The standard InChI is InChI=1S/C20H22N4O3/c25-19-10-17(20(26)23(19)15-6-8-27-9-7-15)22-12-14-11-21-24(18(14)13-22)16-4-2-1-3-5-16/h1-5,11,15,17H,6-10,12-13H2. The molecular formula is C20H22N4O3. The van der Waals surface area contributed by atoms with Crippen molar-refractivity contribution in [3.05, 3.63) is 47.8 Å². The number of fused-ring (bicyclic) bond motifs is 1. The van der Waals surface area contributed by atoms with Gasteiger partial charge >= 0.3 is 0 Å². The Balaban J connectivity index is 1.35. The van der Waals surface area contributed by atoms with Gasteiger partial charge in [0.1, 0.15) is 0 Å². The van der Waals surface area contributed by atoms with Crippen LogP contribution in [0.3, 0.4) is 0 Å². The number of ether oxygens (including phenoxy) is 1. The first-order valence-corrected chi connectivity index (χ1v) is 9.51. The zero-order valence-electron chi connectivity index (χ0n) is 15.1. The molecular weight excluding hydrogens is 344 g/mol. The van der Waals surface area contributed by atoms with Gasteiger partial charge in [0.05, 0.1) is 30.0 Å². The van der Waals surface area contributed by atoms with E-state index in [4.69, 9.17) is 4.74 Å². The molecule has 3 aliphatic heterocycles. The number of nitrogens with zero attached hydrogens (tertiary/aromatic N) is 4. The molecule has 27 heavy (non-hydrogen) atoms. The topological polar surface area (TPSA) is 67.7 Å². The van der Waals surface area contributed by atoms with Gasteiger partial charge in [-0.05, 0) is 25.0 Å². The summed E-state index contributed by atoms with van der Waals surface area (Å²) in [6.07, 6.45) is 3.64. The van der Waals surface area contributed by atoms with E-state index in [1.165, 1.54) is 4.90 Å². The second-order valence-electron chi connectivity index (χ2n) is 7.43. The normalized spacial score (nSPS) is 24.0. The van der Waals surface area contributed by atoms with Gasteiger partial charge in [0.15, 0.2) is 0 Å². The SMILES string of the molecule is O=C1CC(N2Cc3cnn(-c4ccccc4)c3C2)C(=O)N1C1CCOCC1. The van der Waals surface area contributed by atoms with E-state index in [-0.39, 0.29) is 30.3 Å². The van der Waals surface area contributed by atoms with Gasteiger partial charge in [-0.25, -0.2) is 4.68 Å². The smallest absolute Gasteiger partial charge is 0.247 e. The molecule has 5 rings (SSSR count). The second-order valence-corrected chi connectivity index (χ2v) is 7.43. The Kier molecular flexibility index (Phi) is 4.06. The second kappa shape index (κ2) is 6.58. The lowest BCUT2D eigenvalue weighted by Gasteiger charge is -2.30. The Morgan fingerprint density at radius 2 is 1.81 bits per heavy atom. The van der Waals surface area contributed by atoms with Crippen molar-refractivity contribution in [1.82, 2.24) is 19.6 Å². The molecule has 0 saturated carbocycles. The van der Waals surface area contributed by atoms with Crippen LogP contribution in [0.4, 0.5) is 0 Å². The van der Waals surface area contributed by atoms with Crippen LogP contribution in [0.25, 0.3) is 5.69 Å². The first-order chi connectivity index (χ1) is 13.2. The molecule has 1 aromatic heterocycles. The molecule has 2 fully saturated rings. The van der Waals surface area contributed by atoms with Crippen LogP contribution < -0.4 is 0 Å². The summed E-state index contributed by atoms with van der Waals surface area (Å²) in [5.74, 6) is -0.0891. The summed E-state index contributed by atoms with van der Waals surface area (Å²) in [5.41, 5.74) is 3.24. The summed E-state index contributed by atoms with van der Waals surface area (Å²) < 4.78 is 7.31. The van der Waals surface area contributed by atoms with Gasteiger partial charge in [0, 0.05) is 37.9 Å². The van der Waals surface area contributed by atoms with Crippen molar-refractivity contribution in [3.63, 3.8) is 0 Å². The highest BCUT2D eigenvalue weighted by Gasteiger charge is 2.46. The maximum atomic E-state index is 13.0. The van der Waals surface area contributed by atoms with Gasteiger partial charge in [0.2, 0.25) is 11.8 Å². The van der Waals surface area contributed by atoms with Crippen LogP contribution in [-0.4, -0.2) is 56.7 Å². The number of benzene rings is 1. The molecule has 0 bridgehead atoms. The predicted molar refractivity (Wildman–Crippen MR) is 96.9 cm³/mol.